The quantitative estimate of drug-likeness (QED) is 0.492. The first kappa shape index (κ1) is 15.8. The minimum atomic E-state index is 0.0339. The summed E-state index contributed by atoms with van der Waals surface area (Å²) >= 11 is 0. The number of hydrogen-bond donors (Lipinski definition) is 0. The van der Waals surface area contributed by atoms with Gasteiger partial charge in [0.1, 0.15) is 5.52 Å². The molecule has 0 atom stereocenters. The summed E-state index contributed by atoms with van der Waals surface area (Å²) in [6.07, 6.45) is 0. The maximum absolute atomic E-state index is 12.7. The van der Waals surface area contributed by atoms with Crippen molar-refractivity contribution in [2.24, 2.45) is 0 Å². The average molecular weight is 354 g/mol. The average Bonchev–Trinajstić information content (AvgIpc) is 3.24. The van der Waals surface area contributed by atoms with E-state index in [1.165, 1.54) is 11.1 Å². The van der Waals surface area contributed by atoms with Crippen LogP contribution in [-0.2, 0) is 6.54 Å². The van der Waals surface area contributed by atoms with Crippen LogP contribution in [0.3, 0.4) is 0 Å². The lowest BCUT2D eigenvalue weighted by atomic mass is 10.1. The van der Waals surface area contributed by atoms with Gasteiger partial charge in [-0.25, -0.2) is 4.98 Å². The molecule has 2 heterocycles. The van der Waals surface area contributed by atoms with Crippen molar-refractivity contribution in [3.05, 3.63) is 82.9 Å². The molecule has 4 nitrogen and oxygen atoms in total. The molecule has 0 spiro atoms. The summed E-state index contributed by atoms with van der Waals surface area (Å²) in [4.78, 5) is 19.2. The third-order valence-electron chi connectivity index (χ3n) is 5.23. The number of fused-ring (bicyclic) bond motifs is 2. The molecule has 0 saturated carbocycles. The molecule has 0 fully saturated rings. The van der Waals surface area contributed by atoms with Gasteiger partial charge in [-0.1, -0.05) is 24.3 Å². The van der Waals surface area contributed by atoms with E-state index in [0.29, 0.717) is 12.4 Å². The van der Waals surface area contributed by atoms with Crippen LogP contribution < -0.4 is 4.90 Å². The number of oxazole rings is 1. The first-order valence-corrected chi connectivity index (χ1v) is 8.98. The van der Waals surface area contributed by atoms with Crippen molar-refractivity contribution in [2.75, 3.05) is 4.90 Å². The van der Waals surface area contributed by atoms with Crippen LogP contribution in [-0.4, -0.2) is 10.9 Å². The van der Waals surface area contributed by atoms with Gasteiger partial charge in [0.05, 0.1) is 6.54 Å². The number of nitrogens with zero attached hydrogens (tertiary/aromatic N) is 2. The zero-order valence-electron chi connectivity index (χ0n) is 15.2. The van der Waals surface area contributed by atoms with Crippen LogP contribution in [0.1, 0.15) is 27.0 Å². The second kappa shape index (κ2) is 5.81. The van der Waals surface area contributed by atoms with Gasteiger partial charge in [-0.05, 0) is 66.9 Å². The van der Waals surface area contributed by atoms with Gasteiger partial charge in [0.25, 0.3) is 5.91 Å². The number of amides is 1. The van der Waals surface area contributed by atoms with Crippen molar-refractivity contribution in [2.45, 2.75) is 20.4 Å². The fourth-order valence-corrected chi connectivity index (χ4v) is 3.57. The van der Waals surface area contributed by atoms with Gasteiger partial charge in [0.15, 0.2) is 5.58 Å². The number of carbonyl (C=O) groups excluding carboxylic acids is 1. The summed E-state index contributed by atoms with van der Waals surface area (Å²) in [6, 6.07) is 19.6. The molecule has 1 aliphatic heterocycles. The first-order valence-electron chi connectivity index (χ1n) is 8.98. The second-order valence-electron chi connectivity index (χ2n) is 7.02. The van der Waals surface area contributed by atoms with E-state index in [1.807, 2.05) is 60.7 Å². The lowest BCUT2D eigenvalue weighted by Gasteiger charge is -2.16. The topological polar surface area (TPSA) is 46.3 Å². The highest BCUT2D eigenvalue weighted by atomic mass is 16.3. The Hall–Kier alpha value is -3.40. The van der Waals surface area contributed by atoms with E-state index in [0.717, 1.165) is 33.5 Å². The number of benzene rings is 3. The number of aromatic nitrogens is 1. The maximum atomic E-state index is 12.7. The van der Waals surface area contributed by atoms with Crippen LogP contribution in [0.5, 0.6) is 0 Å². The van der Waals surface area contributed by atoms with E-state index in [9.17, 15) is 4.79 Å². The Morgan fingerprint density at radius 3 is 2.63 bits per heavy atom. The van der Waals surface area contributed by atoms with E-state index in [-0.39, 0.29) is 5.91 Å². The molecule has 27 heavy (non-hydrogen) atoms. The zero-order chi connectivity index (χ0) is 18.5. The van der Waals surface area contributed by atoms with Crippen molar-refractivity contribution in [3.8, 4) is 11.5 Å². The Kier molecular flexibility index (Phi) is 3.41. The SMILES string of the molecule is Cc1cc2nc(-c3cccc(N4Cc5ccccc5C4=O)c3)oc2cc1C. The fraction of sp³-hybridized carbons (Fsp3) is 0.130. The highest BCUT2D eigenvalue weighted by molar-refractivity contribution is 6.10. The predicted octanol–water partition coefficient (Wildman–Crippen LogP) is 5.27. The molecular formula is C23H18N2O2. The van der Waals surface area contributed by atoms with E-state index in [4.69, 9.17) is 4.42 Å². The minimum absolute atomic E-state index is 0.0339. The molecule has 0 bridgehead atoms. The fourth-order valence-electron chi connectivity index (χ4n) is 3.57. The van der Waals surface area contributed by atoms with Gasteiger partial charge in [-0.2, -0.15) is 0 Å². The second-order valence-corrected chi connectivity index (χ2v) is 7.02. The molecular weight excluding hydrogens is 336 g/mol. The van der Waals surface area contributed by atoms with Crippen LogP contribution in [0, 0.1) is 13.8 Å². The molecule has 1 aromatic heterocycles. The summed E-state index contributed by atoms with van der Waals surface area (Å²) in [5.74, 6) is 0.604. The molecule has 1 amide bonds. The molecule has 0 unspecified atom stereocenters. The monoisotopic (exact) mass is 354 g/mol. The van der Waals surface area contributed by atoms with Gasteiger partial charge in [-0.15, -0.1) is 0 Å². The smallest absolute Gasteiger partial charge is 0.258 e. The number of hydrogen-bond acceptors (Lipinski definition) is 3. The molecule has 132 valence electrons. The molecule has 0 saturated heterocycles. The number of aryl methyl sites for hydroxylation is 2. The normalized spacial score (nSPS) is 13.4. The molecule has 3 aromatic carbocycles. The van der Waals surface area contributed by atoms with Gasteiger partial charge in [-0.3, -0.25) is 4.79 Å². The maximum Gasteiger partial charge on any atom is 0.258 e. The van der Waals surface area contributed by atoms with E-state index in [2.05, 4.69) is 18.8 Å². The Morgan fingerprint density at radius 2 is 1.78 bits per heavy atom. The van der Waals surface area contributed by atoms with Crippen molar-refractivity contribution >= 4 is 22.7 Å². The number of carbonyl (C=O) groups is 1. The van der Waals surface area contributed by atoms with Crippen molar-refractivity contribution < 1.29 is 9.21 Å². The molecule has 0 radical (unpaired) electrons. The number of rotatable bonds is 2. The van der Waals surface area contributed by atoms with Gasteiger partial charge in [0.2, 0.25) is 5.89 Å². The number of anilines is 1. The van der Waals surface area contributed by atoms with Gasteiger partial charge >= 0.3 is 0 Å². The first-order chi connectivity index (χ1) is 13.1. The predicted molar refractivity (Wildman–Crippen MR) is 106 cm³/mol. The van der Waals surface area contributed by atoms with Crippen LogP contribution in [0.25, 0.3) is 22.6 Å². The highest BCUT2D eigenvalue weighted by Gasteiger charge is 2.28. The van der Waals surface area contributed by atoms with Crippen molar-refractivity contribution in [1.82, 2.24) is 4.98 Å². The third-order valence-corrected chi connectivity index (χ3v) is 5.23. The zero-order valence-corrected chi connectivity index (χ0v) is 15.2. The van der Waals surface area contributed by atoms with Gasteiger partial charge in [0, 0.05) is 16.8 Å². The lowest BCUT2D eigenvalue weighted by Crippen LogP contribution is -2.22. The lowest BCUT2D eigenvalue weighted by molar-refractivity contribution is 0.0996. The molecule has 1 aliphatic rings. The third kappa shape index (κ3) is 2.53. The van der Waals surface area contributed by atoms with E-state index in [1.54, 1.807) is 4.90 Å². The minimum Gasteiger partial charge on any atom is -0.436 e. The Bertz CT molecular complexity index is 1170. The summed E-state index contributed by atoms with van der Waals surface area (Å²) < 4.78 is 5.98. The molecule has 4 aromatic rings. The molecule has 4 heteroatoms. The highest BCUT2D eigenvalue weighted by Crippen LogP contribution is 2.32. The molecule has 0 N–H and O–H groups in total. The Balaban J connectivity index is 1.54. The van der Waals surface area contributed by atoms with Crippen molar-refractivity contribution in [1.29, 1.82) is 0 Å². The molecule has 0 aliphatic carbocycles. The summed E-state index contributed by atoms with van der Waals surface area (Å²) in [6.45, 7) is 4.72. The Morgan fingerprint density at radius 1 is 0.963 bits per heavy atom. The van der Waals surface area contributed by atoms with Crippen molar-refractivity contribution in [3.63, 3.8) is 0 Å². The van der Waals surface area contributed by atoms with Crippen LogP contribution in [0.4, 0.5) is 5.69 Å². The summed E-state index contributed by atoms with van der Waals surface area (Å²) in [7, 11) is 0. The summed E-state index contributed by atoms with van der Waals surface area (Å²) in [5.41, 5.74) is 7.55. The van der Waals surface area contributed by atoms with E-state index < -0.39 is 0 Å². The summed E-state index contributed by atoms with van der Waals surface area (Å²) in [5, 5.41) is 0. The van der Waals surface area contributed by atoms with E-state index >= 15 is 0 Å². The van der Waals surface area contributed by atoms with Crippen LogP contribution in [0.15, 0.2) is 65.1 Å². The Labute approximate surface area is 157 Å². The van der Waals surface area contributed by atoms with Crippen LogP contribution >= 0.6 is 0 Å². The largest absolute Gasteiger partial charge is 0.436 e. The standard InChI is InChI=1S/C23H18N2O2/c1-14-10-20-21(11-15(14)2)27-22(24-20)16-7-5-8-18(12-16)25-13-17-6-3-4-9-19(17)23(25)26/h3-12H,13H2,1-2H3. The molecule has 5 rings (SSSR count). The van der Waals surface area contributed by atoms with Crippen LogP contribution in [0.2, 0.25) is 0 Å². The van der Waals surface area contributed by atoms with Gasteiger partial charge < -0.3 is 9.32 Å².